The highest BCUT2D eigenvalue weighted by Gasteiger charge is 2.36. The summed E-state index contributed by atoms with van der Waals surface area (Å²) in [6.45, 7) is 4.74. The molecule has 250 valence electrons. The smallest absolute Gasteiger partial charge is 0.0544 e. The lowest BCUT2D eigenvalue weighted by molar-refractivity contribution is 0.661. The number of nitrogens with zero attached hydrogens (tertiary/aromatic N) is 2. The molecule has 0 radical (unpaired) electrons. The molecule has 0 spiro atoms. The average molecular weight is 677 g/mol. The lowest BCUT2D eigenvalue weighted by Crippen LogP contribution is -2.14. The van der Waals surface area contributed by atoms with E-state index in [9.17, 15) is 0 Å². The predicted octanol–water partition coefficient (Wildman–Crippen LogP) is 13.5. The van der Waals surface area contributed by atoms with E-state index >= 15 is 0 Å². The van der Waals surface area contributed by atoms with E-state index in [-0.39, 0.29) is 5.41 Å². The minimum absolute atomic E-state index is 0.0777. The van der Waals surface area contributed by atoms with Gasteiger partial charge in [0.15, 0.2) is 0 Å². The van der Waals surface area contributed by atoms with Crippen LogP contribution in [0.3, 0.4) is 0 Å². The second-order valence-electron chi connectivity index (χ2n) is 15.0. The van der Waals surface area contributed by atoms with Crippen LogP contribution >= 0.6 is 0 Å². The summed E-state index contributed by atoms with van der Waals surface area (Å²) >= 11 is 0. The number of hydrogen-bond acceptors (Lipinski definition) is 0. The van der Waals surface area contributed by atoms with Crippen LogP contribution in [0.5, 0.6) is 0 Å². The van der Waals surface area contributed by atoms with Crippen LogP contribution in [-0.4, -0.2) is 9.13 Å². The van der Waals surface area contributed by atoms with E-state index < -0.39 is 0 Å². The molecule has 10 aromatic rings. The van der Waals surface area contributed by atoms with Crippen molar-refractivity contribution in [3.8, 4) is 44.8 Å². The van der Waals surface area contributed by atoms with Gasteiger partial charge >= 0.3 is 0 Å². The van der Waals surface area contributed by atoms with Crippen LogP contribution in [0.15, 0.2) is 182 Å². The molecule has 2 nitrogen and oxygen atoms in total. The van der Waals surface area contributed by atoms with Crippen LogP contribution in [-0.2, 0) is 5.41 Å². The van der Waals surface area contributed by atoms with Crippen LogP contribution in [0, 0.1) is 0 Å². The molecule has 0 unspecified atom stereocenters. The lowest BCUT2D eigenvalue weighted by Gasteiger charge is -2.21. The number of fused-ring (bicyclic) bond motifs is 9. The van der Waals surface area contributed by atoms with Gasteiger partial charge in [-0.05, 0) is 105 Å². The Kier molecular flexibility index (Phi) is 6.33. The predicted molar refractivity (Wildman–Crippen MR) is 224 cm³/mol. The Morgan fingerprint density at radius 2 is 0.849 bits per heavy atom. The highest BCUT2D eigenvalue weighted by atomic mass is 15.0. The third-order valence-electron chi connectivity index (χ3n) is 11.7. The minimum Gasteiger partial charge on any atom is -0.309 e. The van der Waals surface area contributed by atoms with Gasteiger partial charge in [0.2, 0.25) is 0 Å². The third kappa shape index (κ3) is 4.39. The molecular formula is C51H36N2. The first-order chi connectivity index (χ1) is 26.0. The van der Waals surface area contributed by atoms with Crippen molar-refractivity contribution in [2.75, 3.05) is 0 Å². The number of rotatable bonds is 4. The highest BCUT2D eigenvalue weighted by Crippen LogP contribution is 2.51. The van der Waals surface area contributed by atoms with E-state index in [1.165, 1.54) is 93.8 Å². The molecule has 0 amide bonds. The van der Waals surface area contributed by atoms with Crippen molar-refractivity contribution in [1.29, 1.82) is 0 Å². The van der Waals surface area contributed by atoms with Crippen LogP contribution in [0.25, 0.3) is 88.4 Å². The summed E-state index contributed by atoms with van der Waals surface area (Å²) in [6, 6.07) is 67.1. The van der Waals surface area contributed by atoms with E-state index in [0.29, 0.717) is 0 Å². The van der Waals surface area contributed by atoms with Crippen molar-refractivity contribution in [1.82, 2.24) is 9.13 Å². The molecule has 0 aliphatic heterocycles. The summed E-state index contributed by atoms with van der Waals surface area (Å²) in [5, 5.41) is 5.06. The Labute approximate surface area is 308 Å². The van der Waals surface area contributed by atoms with E-state index in [0.717, 1.165) is 5.69 Å². The Balaban J connectivity index is 1.16. The summed E-state index contributed by atoms with van der Waals surface area (Å²) < 4.78 is 4.94. The average Bonchev–Trinajstić information content (AvgIpc) is 3.80. The van der Waals surface area contributed by atoms with Crippen molar-refractivity contribution in [2.45, 2.75) is 19.3 Å². The van der Waals surface area contributed by atoms with Crippen molar-refractivity contribution >= 4 is 43.6 Å². The normalized spacial score (nSPS) is 13.2. The van der Waals surface area contributed by atoms with Gasteiger partial charge in [-0.15, -0.1) is 0 Å². The fourth-order valence-electron chi connectivity index (χ4n) is 9.15. The zero-order valence-electron chi connectivity index (χ0n) is 29.7. The summed E-state index contributed by atoms with van der Waals surface area (Å²) in [5.41, 5.74) is 17.4. The molecule has 0 saturated heterocycles. The second kappa shape index (κ2) is 11.2. The van der Waals surface area contributed by atoms with Crippen LogP contribution in [0.2, 0.25) is 0 Å². The zero-order chi connectivity index (χ0) is 35.3. The molecule has 2 heteroatoms. The lowest BCUT2D eigenvalue weighted by atomic mass is 9.82. The van der Waals surface area contributed by atoms with Gasteiger partial charge in [-0.2, -0.15) is 0 Å². The minimum atomic E-state index is -0.0777. The van der Waals surface area contributed by atoms with Gasteiger partial charge in [0.05, 0.1) is 22.1 Å². The van der Waals surface area contributed by atoms with Gasteiger partial charge in [0, 0.05) is 38.3 Å². The molecular weight excluding hydrogens is 641 g/mol. The molecule has 0 N–H and O–H groups in total. The Morgan fingerprint density at radius 1 is 0.321 bits per heavy atom. The molecule has 1 aliphatic rings. The van der Waals surface area contributed by atoms with Crippen LogP contribution in [0.1, 0.15) is 25.0 Å². The maximum absolute atomic E-state index is 2.49. The molecule has 0 fully saturated rings. The monoisotopic (exact) mass is 676 g/mol. The quantitative estimate of drug-likeness (QED) is 0.176. The number of aromatic nitrogens is 2. The number of benzene rings is 8. The van der Waals surface area contributed by atoms with Crippen molar-refractivity contribution < 1.29 is 0 Å². The van der Waals surface area contributed by atoms with Gasteiger partial charge in [0.1, 0.15) is 0 Å². The number of hydrogen-bond donors (Lipinski definition) is 0. The third-order valence-corrected chi connectivity index (χ3v) is 11.7. The fraction of sp³-hybridized carbons (Fsp3) is 0.0588. The molecule has 0 atom stereocenters. The van der Waals surface area contributed by atoms with Crippen LogP contribution < -0.4 is 0 Å². The molecule has 0 saturated carbocycles. The first-order valence-corrected chi connectivity index (χ1v) is 18.5. The van der Waals surface area contributed by atoms with E-state index in [4.69, 9.17) is 0 Å². The highest BCUT2D eigenvalue weighted by molar-refractivity contribution is 6.13. The molecule has 8 aromatic carbocycles. The maximum Gasteiger partial charge on any atom is 0.0544 e. The van der Waals surface area contributed by atoms with Gasteiger partial charge in [-0.3, -0.25) is 0 Å². The molecule has 1 aliphatic carbocycles. The van der Waals surface area contributed by atoms with Crippen LogP contribution in [0.4, 0.5) is 0 Å². The van der Waals surface area contributed by atoms with Gasteiger partial charge in [-0.1, -0.05) is 135 Å². The Hall–Kier alpha value is -6.64. The number of para-hydroxylation sites is 2. The maximum atomic E-state index is 2.49. The van der Waals surface area contributed by atoms with E-state index in [1.54, 1.807) is 0 Å². The molecule has 2 aromatic heterocycles. The van der Waals surface area contributed by atoms with Gasteiger partial charge < -0.3 is 9.13 Å². The molecule has 11 rings (SSSR count). The van der Waals surface area contributed by atoms with Crippen molar-refractivity contribution in [3.05, 3.63) is 193 Å². The van der Waals surface area contributed by atoms with Gasteiger partial charge in [-0.25, -0.2) is 0 Å². The molecule has 2 heterocycles. The first-order valence-electron chi connectivity index (χ1n) is 18.5. The van der Waals surface area contributed by atoms with Crippen molar-refractivity contribution in [3.63, 3.8) is 0 Å². The van der Waals surface area contributed by atoms with E-state index in [1.807, 2.05) is 0 Å². The first kappa shape index (κ1) is 30.0. The van der Waals surface area contributed by atoms with Crippen molar-refractivity contribution in [2.24, 2.45) is 0 Å². The van der Waals surface area contributed by atoms with E-state index in [2.05, 4.69) is 205 Å². The molecule has 53 heavy (non-hydrogen) atoms. The Bertz CT molecular complexity index is 3010. The molecule has 0 bridgehead atoms. The largest absolute Gasteiger partial charge is 0.309 e. The SMILES string of the molecule is CC1(C)c2ccccc2-c2cc3c4ccccc4n(-c4ccc5c(c4)c4ccccc4n5-c4cc(-c5ccccc5)cc(-c5ccccc5)c4)c3cc21. The summed E-state index contributed by atoms with van der Waals surface area (Å²) in [6.07, 6.45) is 0. The summed E-state index contributed by atoms with van der Waals surface area (Å²) in [7, 11) is 0. The Morgan fingerprint density at radius 3 is 1.51 bits per heavy atom. The zero-order valence-corrected chi connectivity index (χ0v) is 29.7. The second-order valence-corrected chi connectivity index (χ2v) is 15.0. The fourth-order valence-corrected chi connectivity index (χ4v) is 9.15. The van der Waals surface area contributed by atoms with Gasteiger partial charge in [0.25, 0.3) is 0 Å². The standard InChI is InChI=1S/C51H36N2/c1-51(2)45-22-12-9-19-39(45)42-31-44-41-21-11-13-23-47(41)52(50(44)32-46(42)51)37-25-26-49-43(30-37)40-20-10-14-24-48(40)53(49)38-28-35(33-15-5-3-6-16-33)27-36(29-38)34-17-7-4-8-18-34/h3-32H,1-2H3. The summed E-state index contributed by atoms with van der Waals surface area (Å²) in [4.78, 5) is 0. The topological polar surface area (TPSA) is 9.86 Å². The summed E-state index contributed by atoms with van der Waals surface area (Å²) in [5.74, 6) is 0.